The fraction of sp³-hybridized carbons (Fsp3) is 0.0500. The molecule has 0 spiro atoms. The van der Waals surface area contributed by atoms with Gasteiger partial charge < -0.3 is 10.1 Å². The molecule has 4 rings (SSSR count). The molecule has 0 aliphatic carbocycles. The number of nitrogens with one attached hydrogen (secondary N) is 1. The van der Waals surface area contributed by atoms with Crippen molar-refractivity contribution >= 4 is 22.9 Å². The SMILES string of the molecule is Cc1nc(-c2ncccn2)sc1C(=O)Nc1ccc(Oc2cccnc2)cc1. The number of nitrogens with zero attached hydrogens (tertiary/aromatic N) is 4. The van der Waals surface area contributed by atoms with Gasteiger partial charge in [-0.2, -0.15) is 0 Å². The molecule has 7 nitrogen and oxygen atoms in total. The van der Waals surface area contributed by atoms with E-state index in [1.807, 2.05) is 6.07 Å². The summed E-state index contributed by atoms with van der Waals surface area (Å²) in [5.41, 5.74) is 1.30. The number of anilines is 1. The van der Waals surface area contributed by atoms with Crippen LogP contribution < -0.4 is 10.1 Å². The van der Waals surface area contributed by atoms with Crippen LogP contribution in [-0.2, 0) is 0 Å². The van der Waals surface area contributed by atoms with E-state index in [2.05, 4.69) is 25.3 Å². The van der Waals surface area contributed by atoms with Crippen molar-refractivity contribution in [1.82, 2.24) is 19.9 Å². The van der Waals surface area contributed by atoms with E-state index < -0.39 is 0 Å². The molecule has 138 valence electrons. The molecule has 0 fully saturated rings. The standard InChI is InChI=1S/C20H15N5O2S/c1-13-17(28-20(24-13)18-22-10-3-11-23-18)19(26)25-14-5-7-15(8-6-14)27-16-4-2-9-21-12-16/h2-12H,1H3,(H,25,26). The number of amides is 1. The second-order valence-corrected chi connectivity index (χ2v) is 6.77. The summed E-state index contributed by atoms with van der Waals surface area (Å²) in [4.78, 5) is 29.9. The Hall–Kier alpha value is -3.65. The third kappa shape index (κ3) is 4.02. The molecule has 3 heterocycles. The van der Waals surface area contributed by atoms with Gasteiger partial charge in [0, 0.05) is 24.3 Å². The molecule has 3 aromatic heterocycles. The van der Waals surface area contributed by atoms with Gasteiger partial charge in [0.15, 0.2) is 10.8 Å². The van der Waals surface area contributed by atoms with Gasteiger partial charge in [-0.05, 0) is 49.4 Å². The molecule has 0 aliphatic rings. The molecular weight excluding hydrogens is 374 g/mol. The number of pyridine rings is 1. The molecule has 28 heavy (non-hydrogen) atoms. The first-order chi connectivity index (χ1) is 13.7. The summed E-state index contributed by atoms with van der Waals surface area (Å²) in [6, 6.07) is 12.5. The number of carbonyl (C=O) groups excluding carboxylic acids is 1. The minimum atomic E-state index is -0.224. The Bertz CT molecular complexity index is 1080. The molecule has 0 unspecified atom stereocenters. The van der Waals surface area contributed by atoms with Crippen LogP contribution in [-0.4, -0.2) is 25.8 Å². The summed E-state index contributed by atoms with van der Waals surface area (Å²) in [7, 11) is 0. The smallest absolute Gasteiger partial charge is 0.267 e. The van der Waals surface area contributed by atoms with Crippen LogP contribution >= 0.6 is 11.3 Å². The summed E-state index contributed by atoms with van der Waals surface area (Å²) in [6.07, 6.45) is 6.61. The van der Waals surface area contributed by atoms with E-state index >= 15 is 0 Å². The number of carbonyl (C=O) groups is 1. The van der Waals surface area contributed by atoms with Crippen molar-refractivity contribution in [2.24, 2.45) is 0 Å². The molecule has 0 saturated carbocycles. The average Bonchev–Trinajstić information content (AvgIpc) is 3.13. The highest BCUT2D eigenvalue weighted by molar-refractivity contribution is 7.17. The zero-order valence-corrected chi connectivity index (χ0v) is 15.7. The van der Waals surface area contributed by atoms with Gasteiger partial charge in [0.05, 0.1) is 11.9 Å². The van der Waals surface area contributed by atoms with Crippen LogP contribution in [0.5, 0.6) is 11.5 Å². The van der Waals surface area contributed by atoms with Crippen molar-refractivity contribution in [3.8, 4) is 22.3 Å². The van der Waals surface area contributed by atoms with Crippen LogP contribution in [0.4, 0.5) is 5.69 Å². The quantitative estimate of drug-likeness (QED) is 0.546. The first kappa shape index (κ1) is 17.7. The molecule has 1 amide bonds. The summed E-state index contributed by atoms with van der Waals surface area (Å²) in [5.74, 6) is 1.59. The minimum absolute atomic E-state index is 0.224. The molecule has 0 radical (unpaired) electrons. The van der Waals surface area contributed by atoms with Gasteiger partial charge in [0.2, 0.25) is 0 Å². The Labute approximate surface area is 165 Å². The largest absolute Gasteiger partial charge is 0.456 e. The van der Waals surface area contributed by atoms with E-state index in [0.29, 0.717) is 38.6 Å². The number of aryl methyl sites for hydroxylation is 1. The van der Waals surface area contributed by atoms with Gasteiger partial charge in [-0.3, -0.25) is 9.78 Å². The highest BCUT2D eigenvalue weighted by Crippen LogP contribution is 2.27. The van der Waals surface area contributed by atoms with Crippen LogP contribution in [0.3, 0.4) is 0 Å². The Balaban J connectivity index is 1.46. The number of ether oxygens (including phenoxy) is 1. The van der Waals surface area contributed by atoms with Gasteiger partial charge in [-0.1, -0.05) is 0 Å². The van der Waals surface area contributed by atoms with Crippen molar-refractivity contribution in [1.29, 1.82) is 0 Å². The van der Waals surface area contributed by atoms with Gasteiger partial charge in [-0.15, -0.1) is 11.3 Å². The fourth-order valence-electron chi connectivity index (χ4n) is 2.45. The fourth-order valence-corrected chi connectivity index (χ4v) is 3.36. The van der Waals surface area contributed by atoms with E-state index in [4.69, 9.17) is 4.74 Å². The predicted octanol–water partition coefficient (Wildman–Crippen LogP) is 4.35. The van der Waals surface area contributed by atoms with Crippen LogP contribution in [0.1, 0.15) is 15.4 Å². The maximum atomic E-state index is 12.6. The summed E-state index contributed by atoms with van der Waals surface area (Å²) in [5, 5.41) is 3.49. The summed E-state index contributed by atoms with van der Waals surface area (Å²) in [6.45, 7) is 1.79. The molecule has 0 saturated heterocycles. The highest BCUT2D eigenvalue weighted by Gasteiger charge is 2.17. The van der Waals surface area contributed by atoms with Crippen molar-refractivity contribution < 1.29 is 9.53 Å². The lowest BCUT2D eigenvalue weighted by molar-refractivity contribution is 0.103. The van der Waals surface area contributed by atoms with E-state index in [0.717, 1.165) is 0 Å². The third-order valence-electron chi connectivity index (χ3n) is 3.74. The lowest BCUT2D eigenvalue weighted by atomic mass is 10.3. The molecular formula is C20H15N5O2S. The molecule has 0 bridgehead atoms. The highest BCUT2D eigenvalue weighted by atomic mass is 32.1. The summed E-state index contributed by atoms with van der Waals surface area (Å²) >= 11 is 1.27. The van der Waals surface area contributed by atoms with Gasteiger partial charge in [0.1, 0.15) is 16.4 Å². The lowest BCUT2D eigenvalue weighted by Crippen LogP contribution is -2.11. The van der Waals surface area contributed by atoms with E-state index in [1.165, 1.54) is 11.3 Å². The van der Waals surface area contributed by atoms with Crippen molar-refractivity contribution in [2.45, 2.75) is 6.92 Å². The molecule has 1 aromatic carbocycles. The van der Waals surface area contributed by atoms with Crippen LogP contribution in [0.15, 0.2) is 67.3 Å². The van der Waals surface area contributed by atoms with Crippen LogP contribution in [0.2, 0.25) is 0 Å². The topological polar surface area (TPSA) is 89.9 Å². The molecule has 0 atom stereocenters. The van der Waals surface area contributed by atoms with Gasteiger partial charge in [0.25, 0.3) is 5.91 Å². The maximum Gasteiger partial charge on any atom is 0.267 e. The zero-order valence-electron chi connectivity index (χ0n) is 14.9. The van der Waals surface area contributed by atoms with Gasteiger partial charge in [-0.25, -0.2) is 15.0 Å². The van der Waals surface area contributed by atoms with Crippen molar-refractivity contribution in [3.05, 3.63) is 77.8 Å². The van der Waals surface area contributed by atoms with Gasteiger partial charge >= 0.3 is 0 Å². The van der Waals surface area contributed by atoms with Crippen molar-refractivity contribution in [3.63, 3.8) is 0 Å². The van der Waals surface area contributed by atoms with Crippen LogP contribution in [0.25, 0.3) is 10.8 Å². The maximum absolute atomic E-state index is 12.6. The molecule has 8 heteroatoms. The lowest BCUT2D eigenvalue weighted by Gasteiger charge is -2.07. The summed E-state index contributed by atoms with van der Waals surface area (Å²) < 4.78 is 5.70. The first-order valence-electron chi connectivity index (χ1n) is 8.43. The zero-order chi connectivity index (χ0) is 19.3. The average molecular weight is 389 g/mol. The number of hydrogen-bond acceptors (Lipinski definition) is 7. The second-order valence-electron chi connectivity index (χ2n) is 5.78. The molecule has 1 N–H and O–H groups in total. The van der Waals surface area contributed by atoms with E-state index in [1.54, 1.807) is 68.1 Å². The number of thiazole rings is 1. The number of rotatable bonds is 5. The Morgan fingerprint density at radius 1 is 1.00 bits per heavy atom. The number of benzene rings is 1. The Morgan fingerprint density at radius 2 is 1.79 bits per heavy atom. The number of aromatic nitrogens is 4. The molecule has 0 aliphatic heterocycles. The Kier molecular flexibility index (Phi) is 5.03. The van der Waals surface area contributed by atoms with E-state index in [9.17, 15) is 4.79 Å². The normalized spacial score (nSPS) is 10.5. The van der Waals surface area contributed by atoms with Crippen molar-refractivity contribution in [2.75, 3.05) is 5.32 Å². The third-order valence-corrected chi connectivity index (χ3v) is 4.89. The predicted molar refractivity (Wildman–Crippen MR) is 107 cm³/mol. The molecule has 4 aromatic rings. The second kappa shape index (κ2) is 7.93. The van der Waals surface area contributed by atoms with Crippen LogP contribution in [0, 0.1) is 6.92 Å². The Morgan fingerprint density at radius 3 is 2.50 bits per heavy atom. The monoisotopic (exact) mass is 389 g/mol. The minimum Gasteiger partial charge on any atom is -0.456 e. The first-order valence-corrected chi connectivity index (χ1v) is 9.25. The van der Waals surface area contributed by atoms with E-state index in [-0.39, 0.29) is 5.91 Å². The number of hydrogen-bond donors (Lipinski definition) is 1.